The molecule has 2 unspecified atom stereocenters. The zero-order valence-electron chi connectivity index (χ0n) is 12.8. The highest BCUT2D eigenvalue weighted by Crippen LogP contribution is 2.27. The largest absolute Gasteiger partial charge is 0.483 e. The van der Waals surface area contributed by atoms with Gasteiger partial charge in [0.15, 0.2) is 6.61 Å². The molecule has 2 atom stereocenters. The van der Waals surface area contributed by atoms with E-state index in [1.54, 1.807) is 0 Å². The van der Waals surface area contributed by atoms with Gasteiger partial charge in [-0.15, -0.1) is 0 Å². The van der Waals surface area contributed by atoms with Crippen molar-refractivity contribution in [3.8, 4) is 5.75 Å². The number of amides is 1. The van der Waals surface area contributed by atoms with Crippen LogP contribution in [0.15, 0.2) is 24.3 Å². The van der Waals surface area contributed by atoms with Gasteiger partial charge in [0.05, 0.1) is 0 Å². The smallest absolute Gasteiger partial charge is 0.257 e. The normalized spacial score (nSPS) is 21.8. The number of ether oxygens (including phenoxy) is 1. The van der Waals surface area contributed by atoms with E-state index < -0.39 is 0 Å². The number of rotatable bonds is 6. The predicted octanol–water partition coefficient (Wildman–Crippen LogP) is 2.47. The molecule has 0 radical (unpaired) electrons. The number of nitrogens with one attached hydrogen (secondary N) is 1. The number of nitrogens with two attached hydrogens (primary N) is 1. The van der Waals surface area contributed by atoms with E-state index in [9.17, 15) is 4.79 Å². The summed E-state index contributed by atoms with van der Waals surface area (Å²) < 4.78 is 5.56. The van der Waals surface area contributed by atoms with Gasteiger partial charge in [0.2, 0.25) is 0 Å². The van der Waals surface area contributed by atoms with E-state index in [1.807, 2.05) is 24.3 Å². The molecule has 1 amide bonds. The van der Waals surface area contributed by atoms with Crippen LogP contribution in [-0.2, 0) is 11.3 Å². The van der Waals surface area contributed by atoms with E-state index in [2.05, 4.69) is 12.2 Å². The van der Waals surface area contributed by atoms with Crippen LogP contribution >= 0.6 is 0 Å². The van der Waals surface area contributed by atoms with E-state index in [4.69, 9.17) is 10.5 Å². The van der Waals surface area contributed by atoms with Gasteiger partial charge in [-0.05, 0) is 30.7 Å². The maximum absolute atomic E-state index is 11.9. The minimum atomic E-state index is -0.0555. The zero-order chi connectivity index (χ0) is 15.1. The third-order valence-electron chi connectivity index (χ3n) is 4.18. The molecule has 1 aliphatic rings. The van der Waals surface area contributed by atoms with Crippen molar-refractivity contribution in [1.82, 2.24) is 5.32 Å². The lowest BCUT2D eigenvalue weighted by Crippen LogP contribution is -2.34. The Morgan fingerprint density at radius 1 is 1.38 bits per heavy atom. The fraction of sp³-hybridized carbons (Fsp3) is 0.588. The van der Waals surface area contributed by atoms with Gasteiger partial charge in [0, 0.05) is 18.7 Å². The molecule has 0 spiro atoms. The molecule has 21 heavy (non-hydrogen) atoms. The maximum Gasteiger partial charge on any atom is 0.257 e. The second kappa shape index (κ2) is 8.03. The standard InChI is InChI=1S/C17H26N2O2/c1-13-5-4-6-14(9-13)11-19-17(20)12-21-16-8-3-2-7-15(16)10-18/h2-3,7-8,13-14H,4-6,9-12,18H2,1H3,(H,19,20). The van der Waals surface area contributed by atoms with Crippen molar-refractivity contribution in [2.75, 3.05) is 13.2 Å². The first-order chi connectivity index (χ1) is 10.2. The van der Waals surface area contributed by atoms with Crippen LogP contribution < -0.4 is 15.8 Å². The molecule has 0 aromatic heterocycles. The summed E-state index contributed by atoms with van der Waals surface area (Å²) in [6.45, 7) is 3.53. The van der Waals surface area contributed by atoms with Gasteiger partial charge in [0.1, 0.15) is 5.75 Å². The van der Waals surface area contributed by atoms with E-state index >= 15 is 0 Å². The van der Waals surface area contributed by atoms with Crippen LogP contribution in [-0.4, -0.2) is 19.1 Å². The van der Waals surface area contributed by atoms with Crippen molar-refractivity contribution in [2.45, 2.75) is 39.2 Å². The fourth-order valence-electron chi connectivity index (χ4n) is 3.01. The van der Waals surface area contributed by atoms with Gasteiger partial charge in [-0.2, -0.15) is 0 Å². The lowest BCUT2D eigenvalue weighted by atomic mass is 9.82. The van der Waals surface area contributed by atoms with Crippen LogP contribution in [0.5, 0.6) is 5.75 Å². The summed E-state index contributed by atoms with van der Waals surface area (Å²) in [4.78, 5) is 11.9. The van der Waals surface area contributed by atoms with Gasteiger partial charge in [-0.1, -0.05) is 38.0 Å². The van der Waals surface area contributed by atoms with E-state index in [0.717, 1.165) is 18.0 Å². The fourth-order valence-corrected chi connectivity index (χ4v) is 3.01. The third-order valence-corrected chi connectivity index (χ3v) is 4.18. The first-order valence-corrected chi connectivity index (χ1v) is 7.86. The van der Waals surface area contributed by atoms with Crippen LogP contribution in [0.4, 0.5) is 0 Å². The lowest BCUT2D eigenvalue weighted by molar-refractivity contribution is -0.123. The SMILES string of the molecule is CC1CCCC(CNC(=O)COc2ccccc2CN)C1. The number of carbonyl (C=O) groups is 1. The topological polar surface area (TPSA) is 64.3 Å². The molecule has 1 aromatic rings. The van der Waals surface area contributed by atoms with E-state index in [0.29, 0.717) is 18.2 Å². The summed E-state index contributed by atoms with van der Waals surface area (Å²) >= 11 is 0. The number of benzene rings is 1. The minimum absolute atomic E-state index is 0.0548. The molecule has 0 bridgehead atoms. The first kappa shape index (κ1) is 15.8. The maximum atomic E-state index is 11.9. The molecule has 0 saturated heterocycles. The lowest BCUT2D eigenvalue weighted by Gasteiger charge is -2.26. The van der Waals surface area contributed by atoms with Crippen molar-refractivity contribution in [3.05, 3.63) is 29.8 Å². The molecular formula is C17H26N2O2. The van der Waals surface area contributed by atoms with Crippen LogP contribution in [0.1, 0.15) is 38.2 Å². The first-order valence-electron chi connectivity index (χ1n) is 7.86. The second-order valence-corrected chi connectivity index (χ2v) is 6.04. The Morgan fingerprint density at radius 3 is 2.95 bits per heavy atom. The summed E-state index contributed by atoms with van der Waals surface area (Å²) in [7, 11) is 0. The molecule has 4 nitrogen and oxygen atoms in total. The molecule has 116 valence electrons. The quantitative estimate of drug-likeness (QED) is 0.846. The molecule has 4 heteroatoms. The highest BCUT2D eigenvalue weighted by atomic mass is 16.5. The molecule has 1 saturated carbocycles. The summed E-state index contributed by atoms with van der Waals surface area (Å²) in [5.74, 6) is 2.05. The van der Waals surface area contributed by atoms with Crippen LogP contribution in [0.2, 0.25) is 0 Å². The van der Waals surface area contributed by atoms with Gasteiger partial charge < -0.3 is 15.8 Å². The second-order valence-electron chi connectivity index (χ2n) is 6.04. The van der Waals surface area contributed by atoms with Gasteiger partial charge >= 0.3 is 0 Å². The summed E-state index contributed by atoms with van der Waals surface area (Å²) in [6, 6.07) is 7.56. The summed E-state index contributed by atoms with van der Waals surface area (Å²) in [6.07, 6.45) is 5.05. The minimum Gasteiger partial charge on any atom is -0.483 e. The molecule has 1 aliphatic carbocycles. The van der Waals surface area contributed by atoms with Gasteiger partial charge in [0.25, 0.3) is 5.91 Å². The molecule has 3 N–H and O–H groups in total. The highest BCUT2D eigenvalue weighted by molar-refractivity contribution is 5.77. The third kappa shape index (κ3) is 5.05. The Morgan fingerprint density at radius 2 is 2.19 bits per heavy atom. The molecule has 0 heterocycles. The molecular weight excluding hydrogens is 264 g/mol. The monoisotopic (exact) mass is 290 g/mol. The Balaban J connectivity index is 1.72. The number of hydrogen-bond donors (Lipinski definition) is 2. The van der Waals surface area contributed by atoms with Gasteiger partial charge in [-0.25, -0.2) is 0 Å². The van der Waals surface area contributed by atoms with E-state index in [-0.39, 0.29) is 12.5 Å². The van der Waals surface area contributed by atoms with E-state index in [1.165, 1.54) is 25.7 Å². The number of hydrogen-bond acceptors (Lipinski definition) is 3. The van der Waals surface area contributed by atoms with Crippen molar-refractivity contribution >= 4 is 5.91 Å². The Bertz CT molecular complexity index is 462. The summed E-state index contributed by atoms with van der Waals surface area (Å²) in [5.41, 5.74) is 6.57. The molecule has 1 aromatic carbocycles. The Labute approximate surface area is 127 Å². The van der Waals surface area contributed by atoms with Crippen molar-refractivity contribution in [1.29, 1.82) is 0 Å². The predicted molar refractivity (Wildman–Crippen MR) is 84.0 cm³/mol. The highest BCUT2D eigenvalue weighted by Gasteiger charge is 2.19. The van der Waals surface area contributed by atoms with Crippen LogP contribution in [0.25, 0.3) is 0 Å². The van der Waals surface area contributed by atoms with Crippen LogP contribution in [0, 0.1) is 11.8 Å². The molecule has 0 aliphatic heterocycles. The average Bonchev–Trinajstić information content (AvgIpc) is 2.51. The molecule has 2 rings (SSSR count). The number of para-hydroxylation sites is 1. The Hall–Kier alpha value is -1.55. The van der Waals surface area contributed by atoms with Crippen molar-refractivity contribution in [2.24, 2.45) is 17.6 Å². The number of carbonyl (C=O) groups excluding carboxylic acids is 1. The molecule has 1 fully saturated rings. The van der Waals surface area contributed by atoms with Gasteiger partial charge in [-0.3, -0.25) is 4.79 Å². The average molecular weight is 290 g/mol. The Kier molecular flexibility index (Phi) is 6.05. The zero-order valence-corrected chi connectivity index (χ0v) is 12.8. The van der Waals surface area contributed by atoms with Crippen molar-refractivity contribution < 1.29 is 9.53 Å². The summed E-state index contributed by atoms with van der Waals surface area (Å²) in [5, 5.41) is 2.99. The van der Waals surface area contributed by atoms with Crippen LogP contribution in [0.3, 0.4) is 0 Å². The van der Waals surface area contributed by atoms with Crippen molar-refractivity contribution in [3.63, 3.8) is 0 Å².